The lowest BCUT2D eigenvalue weighted by atomic mass is 9.90. The van der Waals surface area contributed by atoms with Crippen LogP contribution in [0.4, 0.5) is 0 Å². The van der Waals surface area contributed by atoms with Crippen molar-refractivity contribution in [3.63, 3.8) is 0 Å². The molecule has 2 unspecified atom stereocenters. The van der Waals surface area contributed by atoms with Crippen molar-refractivity contribution >= 4 is 0 Å². The molecular weight excluding hydrogens is 200 g/mol. The van der Waals surface area contributed by atoms with Crippen LogP contribution in [0, 0.1) is 5.92 Å². The first kappa shape index (κ1) is 13.9. The minimum atomic E-state index is 0.685. The monoisotopic (exact) mass is 228 g/mol. The van der Waals surface area contributed by atoms with Gasteiger partial charge < -0.3 is 15.0 Å². The van der Waals surface area contributed by atoms with E-state index < -0.39 is 0 Å². The van der Waals surface area contributed by atoms with Crippen LogP contribution in [0.25, 0.3) is 0 Å². The molecule has 1 fully saturated rings. The largest absolute Gasteiger partial charge is 0.380 e. The Bertz CT molecular complexity index is 175. The highest BCUT2D eigenvalue weighted by atomic mass is 16.5. The summed E-state index contributed by atoms with van der Waals surface area (Å²) in [6.07, 6.45) is 4.03. The van der Waals surface area contributed by atoms with E-state index in [1.165, 1.54) is 25.8 Å². The maximum absolute atomic E-state index is 5.37. The molecule has 1 aliphatic rings. The second kappa shape index (κ2) is 8.04. The molecule has 3 heteroatoms. The maximum Gasteiger partial charge on any atom is 0.0593 e. The van der Waals surface area contributed by atoms with Crippen molar-refractivity contribution < 1.29 is 4.74 Å². The Balaban J connectivity index is 2.14. The predicted molar refractivity (Wildman–Crippen MR) is 68.8 cm³/mol. The molecule has 0 aromatic rings. The van der Waals surface area contributed by atoms with Gasteiger partial charge in [-0.25, -0.2) is 0 Å². The molecule has 1 heterocycles. The normalized spacial score (nSPS) is 26.2. The Morgan fingerprint density at radius 3 is 2.88 bits per heavy atom. The number of rotatable bonds is 7. The van der Waals surface area contributed by atoms with Crippen molar-refractivity contribution in [2.24, 2.45) is 5.92 Å². The first-order valence-corrected chi connectivity index (χ1v) is 6.75. The van der Waals surface area contributed by atoms with Crippen molar-refractivity contribution in [1.29, 1.82) is 0 Å². The van der Waals surface area contributed by atoms with Crippen LogP contribution < -0.4 is 5.32 Å². The highest BCUT2D eigenvalue weighted by Crippen LogP contribution is 2.19. The fourth-order valence-corrected chi connectivity index (χ4v) is 2.44. The molecular formula is C13H28N2O. The summed E-state index contributed by atoms with van der Waals surface area (Å²) >= 11 is 0. The molecule has 96 valence electrons. The van der Waals surface area contributed by atoms with Crippen molar-refractivity contribution in [1.82, 2.24) is 10.2 Å². The Hall–Kier alpha value is -0.120. The summed E-state index contributed by atoms with van der Waals surface area (Å²) in [4.78, 5) is 2.38. The lowest BCUT2D eigenvalue weighted by Crippen LogP contribution is -2.45. The summed E-state index contributed by atoms with van der Waals surface area (Å²) in [5, 5.41) is 3.62. The summed E-state index contributed by atoms with van der Waals surface area (Å²) in [5.74, 6) is 0.937. The minimum Gasteiger partial charge on any atom is -0.380 e. The molecule has 16 heavy (non-hydrogen) atoms. The van der Waals surface area contributed by atoms with Gasteiger partial charge in [0.05, 0.1) is 6.61 Å². The Kier molecular flexibility index (Phi) is 7.01. The first-order valence-electron chi connectivity index (χ1n) is 6.75. The van der Waals surface area contributed by atoms with Crippen LogP contribution in [0.15, 0.2) is 0 Å². The van der Waals surface area contributed by atoms with E-state index in [2.05, 4.69) is 31.1 Å². The van der Waals surface area contributed by atoms with E-state index in [-0.39, 0.29) is 0 Å². The molecule has 0 aromatic heterocycles. The molecule has 0 spiro atoms. The van der Waals surface area contributed by atoms with E-state index >= 15 is 0 Å². The number of nitrogens with zero attached hydrogens (tertiary/aromatic N) is 1. The summed E-state index contributed by atoms with van der Waals surface area (Å²) in [7, 11) is 2.19. The van der Waals surface area contributed by atoms with Gasteiger partial charge >= 0.3 is 0 Å². The van der Waals surface area contributed by atoms with E-state index in [9.17, 15) is 0 Å². The van der Waals surface area contributed by atoms with Crippen LogP contribution in [-0.2, 0) is 4.74 Å². The smallest absolute Gasteiger partial charge is 0.0593 e. The Morgan fingerprint density at radius 2 is 2.19 bits per heavy atom. The van der Waals surface area contributed by atoms with Crippen LogP contribution in [0.1, 0.15) is 33.1 Å². The third-order valence-corrected chi connectivity index (χ3v) is 3.53. The SMILES string of the molecule is CCOCCN(C)CC1CC(CC)CCN1. The molecule has 0 saturated carbocycles. The summed E-state index contributed by atoms with van der Waals surface area (Å²) in [5.41, 5.74) is 0. The van der Waals surface area contributed by atoms with Gasteiger partial charge in [-0.15, -0.1) is 0 Å². The number of likely N-dealkylation sites (N-methyl/N-ethyl adjacent to an activating group) is 1. The topological polar surface area (TPSA) is 24.5 Å². The van der Waals surface area contributed by atoms with E-state index in [1.807, 2.05) is 0 Å². The molecule has 0 bridgehead atoms. The second-order valence-electron chi connectivity index (χ2n) is 4.91. The molecule has 1 rings (SSSR count). The standard InChI is InChI=1S/C13H28N2O/c1-4-12-6-7-14-13(10-12)11-15(3)8-9-16-5-2/h12-14H,4-11H2,1-3H3. The number of ether oxygens (including phenoxy) is 1. The van der Waals surface area contributed by atoms with Crippen LogP contribution in [0.3, 0.4) is 0 Å². The summed E-state index contributed by atoms with van der Waals surface area (Å²) in [6, 6.07) is 0.685. The van der Waals surface area contributed by atoms with Crippen molar-refractivity contribution in [2.45, 2.75) is 39.2 Å². The van der Waals surface area contributed by atoms with Crippen molar-refractivity contribution in [3.05, 3.63) is 0 Å². The molecule has 0 amide bonds. The van der Waals surface area contributed by atoms with E-state index in [0.717, 1.165) is 32.2 Å². The highest BCUT2D eigenvalue weighted by molar-refractivity contribution is 4.79. The molecule has 0 radical (unpaired) electrons. The van der Waals surface area contributed by atoms with E-state index in [4.69, 9.17) is 4.74 Å². The lowest BCUT2D eigenvalue weighted by Gasteiger charge is -2.32. The highest BCUT2D eigenvalue weighted by Gasteiger charge is 2.20. The number of nitrogens with one attached hydrogen (secondary N) is 1. The third kappa shape index (κ3) is 5.28. The van der Waals surface area contributed by atoms with Crippen molar-refractivity contribution in [3.8, 4) is 0 Å². The Labute approximate surface area is 101 Å². The van der Waals surface area contributed by atoms with Gasteiger partial charge in [0.25, 0.3) is 0 Å². The number of piperidine rings is 1. The minimum absolute atomic E-state index is 0.685. The fourth-order valence-electron chi connectivity index (χ4n) is 2.44. The van der Waals surface area contributed by atoms with Gasteiger partial charge in [0.2, 0.25) is 0 Å². The van der Waals surface area contributed by atoms with Gasteiger partial charge in [-0.3, -0.25) is 0 Å². The zero-order valence-electron chi connectivity index (χ0n) is 11.2. The van der Waals surface area contributed by atoms with E-state index in [0.29, 0.717) is 6.04 Å². The summed E-state index contributed by atoms with van der Waals surface area (Å²) < 4.78 is 5.37. The molecule has 1 saturated heterocycles. The van der Waals surface area contributed by atoms with Gasteiger partial charge in [-0.05, 0) is 39.3 Å². The number of hydrogen-bond donors (Lipinski definition) is 1. The zero-order valence-corrected chi connectivity index (χ0v) is 11.2. The van der Waals surface area contributed by atoms with Gasteiger partial charge in [-0.2, -0.15) is 0 Å². The van der Waals surface area contributed by atoms with Gasteiger partial charge in [-0.1, -0.05) is 13.3 Å². The van der Waals surface area contributed by atoms with E-state index in [1.54, 1.807) is 0 Å². The van der Waals surface area contributed by atoms with Crippen LogP contribution in [0.5, 0.6) is 0 Å². The van der Waals surface area contributed by atoms with Gasteiger partial charge in [0, 0.05) is 25.7 Å². The molecule has 1 aliphatic heterocycles. The quantitative estimate of drug-likeness (QED) is 0.672. The average Bonchev–Trinajstić information content (AvgIpc) is 2.29. The zero-order chi connectivity index (χ0) is 11.8. The molecule has 0 aromatic carbocycles. The van der Waals surface area contributed by atoms with Crippen LogP contribution in [0.2, 0.25) is 0 Å². The molecule has 1 N–H and O–H groups in total. The predicted octanol–water partition coefficient (Wildman–Crippen LogP) is 1.73. The third-order valence-electron chi connectivity index (χ3n) is 3.53. The Morgan fingerprint density at radius 1 is 1.38 bits per heavy atom. The molecule has 2 atom stereocenters. The van der Waals surface area contributed by atoms with Crippen molar-refractivity contribution in [2.75, 3.05) is 39.9 Å². The second-order valence-corrected chi connectivity index (χ2v) is 4.91. The fraction of sp³-hybridized carbons (Fsp3) is 1.00. The lowest BCUT2D eigenvalue weighted by molar-refractivity contribution is 0.115. The van der Waals surface area contributed by atoms with Gasteiger partial charge in [0.1, 0.15) is 0 Å². The summed E-state index contributed by atoms with van der Waals surface area (Å²) in [6.45, 7) is 9.44. The average molecular weight is 228 g/mol. The molecule has 3 nitrogen and oxygen atoms in total. The number of hydrogen-bond acceptors (Lipinski definition) is 3. The van der Waals surface area contributed by atoms with Gasteiger partial charge in [0.15, 0.2) is 0 Å². The van der Waals surface area contributed by atoms with Crippen LogP contribution >= 0.6 is 0 Å². The first-order chi connectivity index (χ1) is 7.76. The van der Waals surface area contributed by atoms with Crippen LogP contribution in [-0.4, -0.2) is 50.8 Å². The molecule has 0 aliphatic carbocycles. The maximum atomic E-state index is 5.37.